The van der Waals surface area contributed by atoms with E-state index in [9.17, 15) is 15.2 Å². The molecule has 0 aliphatic heterocycles. The van der Waals surface area contributed by atoms with Gasteiger partial charge in [-0.25, -0.2) is 0 Å². The zero-order valence-electron chi connectivity index (χ0n) is 15.0. The lowest BCUT2D eigenvalue weighted by Gasteiger charge is -2.25. The fraction of sp³-hybridized carbons (Fsp3) is 0.667. The van der Waals surface area contributed by atoms with Gasteiger partial charge in [0.05, 0.1) is 11.2 Å². The van der Waals surface area contributed by atoms with Crippen LogP contribution in [0.25, 0.3) is 0 Å². The number of likely N-dealkylation sites (N-methyl/N-ethyl adjacent to an activating group) is 1. The highest BCUT2D eigenvalue weighted by Crippen LogP contribution is 2.39. The van der Waals surface area contributed by atoms with Crippen LogP contribution in [0.4, 0.5) is 5.00 Å². The van der Waals surface area contributed by atoms with Gasteiger partial charge in [0.15, 0.2) is 0 Å². The van der Waals surface area contributed by atoms with Gasteiger partial charge in [-0.15, -0.1) is 11.3 Å². The molecular formula is C18H27N3O2S. The summed E-state index contributed by atoms with van der Waals surface area (Å²) >= 11 is 1.55. The Morgan fingerprint density at radius 1 is 1.54 bits per heavy atom. The van der Waals surface area contributed by atoms with E-state index in [1.165, 1.54) is 4.88 Å². The third-order valence-corrected chi connectivity index (χ3v) is 5.42. The van der Waals surface area contributed by atoms with Crippen molar-refractivity contribution < 1.29 is 9.90 Å². The van der Waals surface area contributed by atoms with E-state index in [2.05, 4.69) is 18.3 Å². The van der Waals surface area contributed by atoms with Gasteiger partial charge in [0, 0.05) is 24.4 Å². The average molecular weight is 350 g/mol. The molecule has 1 unspecified atom stereocenters. The Morgan fingerprint density at radius 2 is 2.25 bits per heavy atom. The first-order valence-corrected chi connectivity index (χ1v) is 9.26. The molecule has 2 N–H and O–H groups in total. The molecule has 1 atom stereocenters. The SMILES string of the molecule is CC1CCc2c(sc(NC(=O)CCN(C)CC(C)(C)O)c2C#N)C1. The Kier molecular flexibility index (Phi) is 6.02. The van der Waals surface area contributed by atoms with Crippen molar-refractivity contribution in [2.75, 3.05) is 25.5 Å². The molecule has 1 aromatic rings. The largest absolute Gasteiger partial charge is 0.389 e. The first-order valence-electron chi connectivity index (χ1n) is 8.45. The molecule has 1 aliphatic carbocycles. The van der Waals surface area contributed by atoms with E-state index < -0.39 is 5.60 Å². The third-order valence-electron chi connectivity index (χ3n) is 4.25. The molecule has 0 saturated carbocycles. The Balaban J connectivity index is 1.96. The van der Waals surface area contributed by atoms with Crippen molar-refractivity contribution in [2.45, 2.75) is 52.1 Å². The zero-order valence-corrected chi connectivity index (χ0v) is 15.8. The highest BCUT2D eigenvalue weighted by Gasteiger charge is 2.24. The van der Waals surface area contributed by atoms with E-state index in [0.29, 0.717) is 36.0 Å². The van der Waals surface area contributed by atoms with Crippen molar-refractivity contribution in [3.63, 3.8) is 0 Å². The number of hydrogen-bond donors (Lipinski definition) is 2. The maximum absolute atomic E-state index is 12.2. The molecule has 0 spiro atoms. The second-order valence-corrected chi connectivity index (χ2v) is 8.62. The number of amides is 1. The van der Waals surface area contributed by atoms with Crippen LogP contribution in [0.1, 0.15) is 49.6 Å². The van der Waals surface area contributed by atoms with Crippen LogP contribution < -0.4 is 5.32 Å². The second-order valence-electron chi connectivity index (χ2n) is 7.52. The summed E-state index contributed by atoms with van der Waals surface area (Å²) < 4.78 is 0. The van der Waals surface area contributed by atoms with Gasteiger partial charge in [-0.3, -0.25) is 4.79 Å². The number of rotatable bonds is 6. The predicted octanol–water partition coefficient (Wildman–Crippen LogP) is 2.78. The van der Waals surface area contributed by atoms with Crippen LogP contribution in [0.2, 0.25) is 0 Å². The molecule has 0 fully saturated rings. The molecule has 1 aromatic heterocycles. The summed E-state index contributed by atoms with van der Waals surface area (Å²) in [4.78, 5) is 15.4. The van der Waals surface area contributed by atoms with Crippen molar-refractivity contribution in [3.8, 4) is 6.07 Å². The summed E-state index contributed by atoms with van der Waals surface area (Å²) in [5, 5.41) is 22.9. The first kappa shape index (κ1) is 18.9. The fourth-order valence-electron chi connectivity index (χ4n) is 3.18. The molecule has 0 bridgehead atoms. The lowest BCUT2D eigenvalue weighted by Crippen LogP contribution is -2.37. The van der Waals surface area contributed by atoms with E-state index in [0.717, 1.165) is 24.8 Å². The number of nitrogens with one attached hydrogen (secondary N) is 1. The maximum atomic E-state index is 12.2. The Bertz CT molecular complexity index is 640. The summed E-state index contributed by atoms with van der Waals surface area (Å²) in [5.41, 5.74) is 1.01. The summed E-state index contributed by atoms with van der Waals surface area (Å²) in [6.45, 7) is 6.81. The van der Waals surface area contributed by atoms with E-state index in [-0.39, 0.29) is 5.91 Å². The Labute approximate surface area is 148 Å². The summed E-state index contributed by atoms with van der Waals surface area (Å²) in [5.74, 6) is 0.558. The molecule has 1 aliphatic rings. The molecular weight excluding hydrogens is 322 g/mol. The second kappa shape index (κ2) is 7.64. The van der Waals surface area contributed by atoms with E-state index >= 15 is 0 Å². The molecule has 1 heterocycles. The normalized spacial score (nSPS) is 17.5. The van der Waals surface area contributed by atoms with Crippen LogP contribution in [0.5, 0.6) is 0 Å². The van der Waals surface area contributed by atoms with E-state index in [1.54, 1.807) is 25.2 Å². The van der Waals surface area contributed by atoms with Crippen molar-refractivity contribution in [1.29, 1.82) is 5.26 Å². The van der Waals surface area contributed by atoms with Gasteiger partial charge in [-0.2, -0.15) is 5.26 Å². The van der Waals surface area contributed by atoms with Crippen molar-refractivity contribution in [3.05, 3.63) is 16.0 Å². The number of carbonyl (C=O) groups is 1. The fourth-order valence-corrected chi connectivity index (χ4v) is 4.56. The van der Waals surface area contributed by atoms with Gasteiger partial charge in [0.1, 0.15) is 11.1 Å². The average Bonchev–Trinajstić information content (AvgIpc) is 2.79. The summed E-state index contributed by atoms with van der Waals surface area (Å²) in [7, 11) is 1.89. The molecule has 24 heavy (non-hydrogen) atoms. The molecule has 6 heteroatoms. The molecule has 5 nitrogen and oxygen atoms in total. The van der Waals surface area contributed by atoms with Gasteiger partial charge in [0.25, 0.3) is 0 Å². The van der Waals surface area contributed by atoms with E-state index in [4.69, 9.17) is 0 Å². The zero-order chi connectivity index (χ0) is 17.9. The number of nitrogens with zero attached hydrogens (tertiary/aromatic N) is 2. The summed E-state index contributed by atoms with van der Waals surface area (Å²) in [6, 6.07) is 2.27. The minimum absolute atomic E-state index is 0.0826. The smallest absolute Gasteiger partial charge is 0.226 e. The molecule has 0 radical (unpaired) electrons. The number of nitriles is 1. The quantitative estimate of drug-likeness (QED) is 0.828. The van der Waals surface area contributed by atoms with Crippen LogP contribution >= 0.6 is 11.3 Å². The molecule has 0 aromatic carbocycles. The topological polar surface area (TPSA) is 76.4 Å². The molecule has 2 rings (SSSR count). The van der Waals surface area contributed by atoms with Crippen LogP contribution in [0.3, 0.4) is 0 Å². The van der Waals surface area contributed by atoms with Gasteiger partial charge in [-0.1, -0.05) is 6.92 Å². The minimum Gasteiger partial charge on any atom is -0.389 e. The van der Waals surface area contributed by atoms with Crippen molar-refractivity contribution in [1.82, 2.24) is 4.90 Å². The van der Waals surface area contributed by atoms with Crippen LogP contribution in [-0.4, -0.2) is 41.7 Å². The van der Waals surface area contributed by atoms with Gasteiger partial charge in [-0.05, 0) is 51.6 Å². The highest BCUT2D eigenvalue weighted by molar-refractivity contribution is 7.16. The Hall–Kier alpha value is -1.42. The van der Waals surface area contributed by atoms with Crippen molar-refractivity contribution in [2.24, 2.45) is 5.92 Å². The lowest BCUT2D eigenvalue weighted by molar-refractivity contribution is -0.116. The minimum atomic E-state index is -0.775. The Morgan fingerprint density at radius 3 is 2.88 bits per heavy atom. The predicted molar refractivity (Wildman–Crippen MR) is 97.3 cm³/mol. The molecule has 132 valence electrons. The maximum Gasteiger partial charge on any atom is 0.226 e. The van der Waals surface area contributed by atoms with Gasteiger partial charge in [0.2, 0.25) is 5.91 Å². The number of aliphatic hydroxyl groups is 1. The number of carbonyl (C=O) groups excluding carboxylic acids is 1. The number of anilines is 1. The lowest BCUT2D eigenvalue weighted by atomic mass is 9.89. The van der Waals surface area contributed by atoms with Crippen LogP contribution in [0, 0.1) is 17.2 Å². The number of fused-ring (bicyclic) bond motifs is 1. The highest BCUT2D eigenvalue weighted by atomic mass is 32.1. The number of hydrogen-bond acceptors (Lipinski definition) is 5. The standard InChI is InChI=1S/C18H27N3O2S/c1-12-5-6-13-14(10-19)17(24-15(13)9-12)20-16(22)7-8-21(4)11-18(2,3)23/h12,23H,5-9,11H2,1-4H3,(H,20,22). The van der Waals surface area contributed by atoms with Crippen LogP contribution in [-0.2, 0) is 17.6 Å². The van der Waals surface area contributed by atoms with Gasteiger partial charge < -0.3 is 15.3 Å². The van der Waals surface area contributed by atoms with Crippen molar-refractivity contribution >= 4 is 22.2 Å². The first-order chi connectivity index (χ1) is 11.2. The summed E-state index contributed by atoms with van der Waals surface area (Å²) in [6.07, 6.45) is 3.38. The molecule has 1 amide bonds. The monoisotopic (exact) mass is 349 g/mol. The van der Waals surface area contributed by atoms with Gasteiger partial charge >= 0.3 is 0 Å². The van der Waals surface area contributed by atoms with E-state index in [1.807, 2.05) is 11.9 Å². The number of thiophene rings is 1. The van der Waals surface area contributed by atoms with Crippen LogP contribution in [0.15, 0.2) is 0 Å². The molecule has 0 saturated heterocycles. The third kappa shape index (κ3) is 5.04.